The molecule has 3 aromatic rings. The summed E-state index contributed by atoms with van der Waals surface area (Å²) in [5.41, 5.74) is 7.00. The molecule has 0 amide bonds. The summed E-state index contributed by atoms with van der Waals surface area (Å²) >= 11 is 0. The van der Waals surface area contributed by atoms with E-state index in [1.54, 1.807) is 6.07 Å². The first-order valence-corrected chi connectivity index (χ1v) is 12.8. The maximum Gasteiger partial charge on any atom is 0.416 e. The molecule has 204 valence electrons. The van der Waals surface area contributed by atoms with Crippen molar-refractivity contribution in [2.75, 3.05) is 5.73 Å². The first kappa shape index (κ1) is 29.2. The smallest absolute Gasteiger partial charge is 0.416 e. The molecule has 3 aromatic carbocycles. The van der Waals surface area contributed by atoms with Crippen molar-refractivity contribution in [1.29, 1.82) is 0 Å². The van der Waals surface area contributed by atoms with E-state index in [1.807, 2.05) is 50.2 Å². The molecule has 3 rings (SSSR count). The van der Waals surface area contributed by atoms with E-state index in [1.165, 1.54) is 0 Å². The van der Waals surface area contributed by atoms with Gasteiger partial charge in [0, 0.05) is 11.0 Å². The molecule has 0 unspecified atom stereocenters. The number of nitrogen functional groups attached to an aromatic ring is 1. The molecule has 0 spiro atoms. The molecular formula is C31H38F3N3O. The van der Waals surface area contributed by atoms with E-state index in [4.69, 9.17) is 5.73 Å². The molecule has 0 aliphatic heterocycles. The van der Waals surface area contributed by atoms with Crippen LogP contribution in [0, 0.1) is 5.41 Å². The Bertz CT molecular complexity index is 1310. The minimum Gasteiger partial charge on any atom is -0.505 e. The number of alkyl halides is 3. The number of benzene rings is 3. The number of rotatable bonds is 8. The number of aromatic hydroxyl groups is 1. The van der Waals surface area contributed by atoms with E-state index in [2.05, 4.69) is 44.8 Å². The van der Waals surface area contributed by atoms with Crippen molar-refractivity contribution in [2.24, 2.45) is 15.6 Å². The highest BCUT2D eigenvalue weighted by atomic mass is 19.4. The van der Waals surface area contributed by atoms with Crippen LogP contribution in [0.5, 0.6) is 5.75 Å². The molecule has 0 fully saturated rings. The van der Waals surface area contributed by atoms with Crippen LogP contribution in [0.3, 0.4) is 0 Å². The Balaban J connectivity index is 2.21. The minimum atomic E-state index is -4.54. The van der Waals surface area contributed by atoms with Gasteiger partial charge >= 0.3 is 6.18 Å². The van der Waals surface area contributed by atoms with Crippen molar-refractivity contribution in [3.05, 3.63) is 82.9 Å². The third-order valence-electron chi connectivity index (χ3n) is 7.54. The molecule has 3 N–H and O–H groups in total. The van der Waals surface area contributed by atoms with Crippen LogP contribution < -0.4 is 5.73 Å². The van der Waals surface area contributed by atoms with Crippen LogP contribution in [0.25, 0.3) is 0 Å². The van der Waals surface area contributed by atoms with Crippen LogP contribution in [-0.4, -0.2) is 5.11 Å². The van der Waals surface area contributed by atoms with Crippen molar-refractivity contribution < 1.29 is 18.3 Å². The maximum atomic E-state index is 13.3. The third-order valence-corrected chi connectivity index (χ3v) is 7.54. The number of hydrogen-bond donors (Lipinski definition) is 2. The average Bonchev–Trinajstić information content (AvgIpc) is 2.83. The van der Waals surface area contributed by atoms with E-state index in [0.717, 1.165) is 42.2 Å². The van der Waals surface area contributed by atoms with Gasteiger partial charge in [0.05, 0.1) is 11.3 Å². The van der Waals surface area contributed by atoms with Crippen molar-refractivity contribution in [2.45, 2.75) is 78.3 Å². The van der Waals surface area contributed by atoms with Crippen LogP contribution in [0.2, 0.25) is 0 Å². The van der Waals surface area contributed by atoms with Gasteiger partial charge in [0.15, 0.2) is 0 Å². The lowest BCUT2D eigenvalue weighted by Crippen LogP contribution is -2.27. The molecule has 0 heterocycles. The summed E-state index contributed by atoms with van der Waals surface area (Å²) in [5, 5.41) is 19.7. The second-order valence-corrected chi connectivity index (χ2v) is 11.9. The van der Waals surface area contributed by atoms with Crippen LogP contribution in [0.1, 0.15) is 83.6 Å². The fourth-order valence-electron chi connectivity index (χ4n) is 4.91. The fraction of sp³-hybridized carbons (Fsp3) is 0.419. The molecular weight excluding hydrogens is 487 g/mol. The Hall–Kier alpha value is -3.35. The molecule has 0 aromatic heterocycles. The van der Waals surface area contributed by atoms with Gasteiger partial charge in [0.25, 0.3) is 0 Å². The first-order chi connectivity index (χ1) is 17.5. The molecule has 0 aliphatic rings. The number of halogens is 3. The lowest BCUT2D eigenvalue weighted by atomic mass is 9.68. The average molecular weight is 526 g/mol. The zero-order valence-electron chi connectivity index (χ0n) is 23.2. The van der Waals surface area contributed by atoms with Gasteiger partial charge in [-0.15, -0.1) is 10.2 Å². The summed E-state index contributed by atoms with van der Waals surface area (Å²) in [6, 6.07) is 16.6. The standard InChI is InChI=1S/C31H38F3N3O/c1-8-28(2,3)19-29(4,5)22-16-23(30(6,7)20-12-10-9-11-13-20)27(38)26(18-22)37-36-25-17-21(31(32,33)34)14-15-24(25)35/h9-18,38H,8,19,35H2,1-7H3. The SMILES string of the molecule is CCC(C)(C)CC(C)(C)c1cc(N=Nc2cc(C(F)(F)F)ccc2N)c(O)c(C(C)(C)c2ccccc2)c1. The minimum absolute atomic E-state index is 0.0623. The van der Waals surface area contributed by atoms with Crippen molar-refractivity contribution in [3.8, 4) is 5.75 Å². The number of phenolic OH excluding ortho intramolecular Hbond substituents is 1. The number of azo groups is 1. The zero-order valence-corrected chi connectivity index (χ0v) is 23.2. The maximum absolute atomic E-state index is 13.3. The Morgan fingerprint density at radius 1 is 0.763 bits per heavy atom. The topological polar surface area (TPSA) is 71.0 Å². The van der Waals surface area contributed by atoms with Crippen molar-refractivity contribution >= 4 is 17.1 Å². The van der Waals surface area contributed by atoms with Crippen LogP contribution in [0.15, 0.2) is 70.9 Å². The van der Waals surface area contributed by atoms with Gasteiger partial charge in [-0.25, -0.2) is 0 Å². The lowest BCUT2D eigenvalue weighted by molar-refractivity contribution is -0.137. The Labute approximate surface area is 223 Å². The summed E-state index contributed by atoms with van der Waals surface area (Å²) in [6.45, 7) is 15.0. The molecule has 4 nitrogen and oxygen atoms in total. The monoisotopic (exact) mass is 525 g/mol. The van der Waals surface area contributed by atoms with Gasteiger partial charge in [-0.1, -0.05) is 91.3 Å². The van der Waals surface area contributed by atoms with Gasteiger partial charge in [0.1, 0.15) is 17.1 Å². The summed E-state index contributed by atoms with van der Waals surface area (Å²) in [5.74, 6) is -0.0672. The van der Waals surface area contributed by atoms with Gasteiger partial charge in [0.2, 0.25) is 0 Å². The molecule has 38 heavy (non-hydrogen) atoms. The van der Waals surface area contributed by atoms with Crippen LogP contribution in [-0.2, 0) is 17.0 Å². The molecule has 0 atom stereocenters. The molecule has 0 radical (unpaired) electrons. The second-order valence-electron chi connectivity index (χ2n) is 11.9. The number of nitrogens with zero attached hydrogens (tertiary/aromatic N) is 2. The number of phenols is 1. The van der Waals surface area contributed by atoms with Crippen LogP contribution >= 0.6 is 0 Å². The quantitative estimate of drug-likeness (QED) is 0.227. The Morgan fingerprint density at radius 3 is 1.92 bits per heavy atom. The Kier molecular flexibility index (Phi) is 8.02. The number of nitrogens with two attached hydrogens (primary N) is 1. The van der Waals surface area contributed by atoms with Gasteiger partial charge in [-0.3, -0.25) is 0 Å². The van der Waals surface area contributed by atoms with E-state index in [9.17, 15) is 18.3 Å². The predicted octanol–water partition coefficient (Wildman–Crippen LogP) is 9.84. The highest BCUT2D eigenvalue weighted by molar-refractivity contribution is 5.65. The molecule has 7 heteroatoms. The highest BCUT2D eigenvalue weighted by Gasteiger charge is 2.34. The number of hydrogen-bond acceptors (Lipinski definition) is 4. The van der Waals surface area contributed by atoms with E-state index >= 15 is 0 Å². The van der Waals surface area contributed by atoms with Gasteiger partial charge < -0.3 is 10.8 Å². The highest BCUT2D eigenvalue weighted by Crippen LogP contribution is 2.47. The lowest BCUT2D eigenvalue weighted by Gasteiger charge is -2.36. The third kappa shape index (κ3) is 6.37. The summed E-state index contributed by atoms with van der Waals surface area (Å²) < 4.78 is 39.8. The van der Waals surface area contributed by atoms with E-state index < -0.39 is 17.2 Å². The molecule has 0 saturated carbocycles. The molecule has 0 saturated heterocycles. The van der Waals surface area contributed by atoms with E-state index in [0.29, 0.717) is 5.56 Å². The largest absolute Gasteiger partial charge is 0.505 e. The molecule has 0 aliphatic carbocycles. The number of anilines is 1. The normalized spacial score (nSPS) is 13.3. The first-order valence-electron chi connectivity index (χ1n) is 12.8. The second kappa shape index (κ2) is 10.4. The van der Waals surface area contributed by atoms with Crippen LogP contribution in [0.4, 0.5) is 30.2 Å². The fourth-order valence-corrected chi connectivity index (χ4v) is 4.91. The van der Waals surface area contributed by atoms with Gasteiger partial charge in [-0.2, -0.15) is 13.2 Å². The van der Waals surface area contributed by atoms with Crippen molar-refractivity contribution in [3.63, 3.8) is 0 Å². The zero-order chi connectivity index (χ0) is 28.5. The van der Waals surface area contributed by atoms with Crippen molar-refractivity contribution in [1.82, 2.24) is 0 Å². The van der Waals surface area contributed by atoms with E-state index in [-0.39, 0.29) is 33.6 Å². The van der Waals surface area contributed by atoms with Gasteiger partial charge in [-0.05, 0) is 52.6 Å². The predicted molar refractivity (Wildman–Crippen MR) is 148 cm³/mol. The molecule has 0 bridgehead atoms. The Morgan fingerprint density at radius 2 is 1.34 bits per heavy atom. The summed E-state index contributed by atoms with van der Waals surface area (Å²) in [4.78, 5) is 0. The summed E-state index contributed by atoms with van der Waals surface area (Å²) in [7, 11) is 0. The summed E-state index contributed by atoms with van der Waals surface area (Å²) in [6.07, 6.45) is -2.66.